The number of aliphatic hydroxyl groups excluding tert-OH is 2. The first-order valence-corrected chi connectivity index (χ1v) is 11.2. The molecule has 0 amide bonds. The van der Waals surface area contributed by atoms with Crippen LogP contribution in [0.1, 0.15) is 18.9 Å². The molecule has 0 spiro atoms. The lowest BCUT2D eigenvalue weighted by Gasteiger charge is -2.60. The maximum absolute atomic E-state index is 14.0. The summed E-state index contributed by atoms with van der Waals surface area (Å²) in [4.78, 5) is 0. The van der Waals surface area contributed by atoms with Gasteiger partial charge >= 0.3 is 0 Å². The molecule has 10 atom stereocenters. The normalized spacial score (nSPS) is 45.3. The zero-order valence-electron chi connectivity index (χ0n) is 18.9. The highest BCUT2D eigenvalue weighted by Gasteiger charge is 2.68. The molecule has 7 N–H and O–H groups in total. The molecule has 1 aromatic carbocycles. The Kier molecular flexibility index (Phi) is 7.10. The summed E-state index contributed by atoms with van der Waals surface area (Å²) in [5.41, 5.74) is -1.45. The molecular formula is C22H34FN3O7. The van der Waals surface area contributed by atoms with Crippen molar-refractivity contribution in [2.75, 3.05) is 20.6 Å². The number of fused-ring (bicyclic) bond motifs is 2. The monoisotopic (exact) mass is 471 g/mol. The summed E-state index contributed by atoms with van der Waals surface area (Å²) in [5, 5.41) is 53.6. The number of nitrogens with one attached hydrogen (secondary N) is 3. The van der Waals surface area contributed by atoms with Crippen molar-refractivity contribution in [2.45, 2.75) is 80.2 Å². The quantitative estimate of drug-likeness (QED) is 0.253. The molecule has 2 heterocycles. The van der Waals surface area contributed by atoms with Crippen molar-refractivity contribution in [3.63, 3.8) is 0 Å². The van der Waals surface area contributed by atoms with Crippen LogP contribution in [0.3, 0.4) is 0 Å². The van der Waals surface area contributed by atoms with E-state index in [1.807, 2.05) is 0 Å². The van der Waals surface area contributed by atoms with Gasteiger partial charge in [-0.3, -0.25) is 0 Å². The largest absolute Gasteiger partial charge is 0.390 e. The molecule has 1 unspecified atom stereocenters. The van der Waals surface area contributed by atoms with Gasteiger partial charge in [-0.15, -0.1) is 0 Å². The molecule has 0 bridgehead atoms. The Hall–Kier alpha value is -1.25. The molecule has 1 aromatic rings. The molecule has 1 aliphatic carbocycles. The SMILES string of the molecule is CN[C@@H]1[C@H](O)[C@H](NC)[C@H]2O[C@]3(O)C(O[C@@H]2[C@H]1O)O[C@H](C)C[C@@]3(O)CNCc1ccccc1F. The standard InChI is InChI=1S/C22H34FN3O7/c1-11-8-21(29,10-26-9-12-6-4-5-7-13(12)23)22(30)20(31-11)32-19-17(28)14(24-2)16(27)15(25-3)18(19)33-22/h4-7,11,14-20,24-30H,8-10H2,1-3H3/t11-,14-,15+,16+,17+,18-,19-,20?,21-,22-/m1/s1. The Morgan fingerprint density at radius 1 is 1.03 bits per heavy atom. The first-order valence-electron chi connectivity index (χ1n) is 11.2. The molecule has 0 radical (unpaired) electrons. The van der Waals surface area contributed by atoms with Gasteiger partial charge < -0.3 is 50.6 Å². The fraction of sp³-hybridized carbons (Fsp3) is 0.727. The van der Waals surface area contributed by atoms with E-state index >= 15 is 0 Å². The van der Waals surface area contributed by atoms with Gasteiger partial charge in [-0.2, -0.15) is 0 Å². The van der Waals surface area contributed by atoms with Gasteiger partial charge in [0.15, 0.2) is 0 Å². The average Bonchev–Trinajstić information content (AvgIpc) is 2.76. The number of aliphatic hydroxyl groups is 4. The second kappa shape index (κ2) is 9.42. The van der Waals surface area contributed by atoms with E-state index in [-0.39, 0.29) is 25.3 Å². The lowest BCUT2D eigenvalue weighted by Crippen LogP contribution is -2.81. The van der Waals surface area contributed by atoms with E-state index < -0.39 is 60.3 Å². The van der Waals surface area contributed by atoms with E-state index in [4.69, 9.17) is 14.2 Å². The first-order chi connectivity index (χ1) is 15.6. The zero-order chi connectivity index (χ0) is 24.0. The van der Waals surface area contributed by atoms with Crippen LogP contribution in [0.4, 0.5) is 4.39 Å². The van der Waals surface area contributed by atoms with Crippen molar-refractivity contribution < 1.29 is 39.0 Å². The minimum Gasteiger partial charge on any atom is -0.390 e. The predicted molar refractivity (Wildman–Crippen MR) is 114 cm³/mol. The molecule has 0 aromatic heterocycles. The van der Waals surface area contributed by atoms with E-state index in [1.54, 1.807) is 39.2 Å². The Bertz CT molecular complexity index is 837. The molecule has 3 aliphatic rings. The van der Waals surface area contributed by atoms with Crippen LogP contribution in [0.5, 0.6) is 0 Å². The summed E-state index contributed by atoms with van der Waals surface area (Å²) >= 11 is 0. The summed E-state index contributed by atoms with van der Waals surface area (Å²) in [6, 6.07) is 4.86. The maximum atomic E-state index is 14.0. The predicted octanol–water partition coefficient (Wildman–Crippen LogP) is -1.83. The number of hydrogen-bond donors (Lipinski definition) is 7. The first kappa shape index (κ1) is 24.9. The third kappa shape index (κ3) is 4.20. The highest BCUT2D eigenvalue weighted by Crippen LogP contribution is 2.46. The van der Waals surface area contributed by atoms with Gasteiger partial charge in [-0.1, -0.05) is 18.2 Å². The van der Waals surface area contributed by atoms with Crippen molar-refractivity contribution in [3.8, 4) is 0 Å². The summed E-state index contributed by atoms with van der Waals surface area (Å²) in [6.07, 6.45) is -6.01. The van der Waals surface area contributed by atoms with Crippen molar-refractivity contribution in [2.24, 2.45) is 0 Å². The van der Waals surface area contributed by atoms with E-state index in [1.165, 1.54) is 6.07 Å². The van der Waals surface area contributed by atoms with Gasteiger partial charge in [-0.05, 0) is 27.1 Å². The number of rotatable bonds is 6. The van der Waals surface area contributed by atoms with Gasteiger partial charge in [0.05, 0.1) is 24.3 Å². The third-order valence-corrected chi connectivity index (χ3v) is 7.04. The molecule has 10 nitrogen and oxygen atoms in total. The minimum absolute atomic E-state index is 0.0134. The molecule has 2 saturated heterocycles. The molecular weight excluding hydrogens is 437 g/mol. The van der Waals surface area contributed by atoms with Crippen LogP contribution in [0, 0.1) is 5.82 Å². The van der Waals surface area contributed by atoms with Crippen LogP contribution >= 0.6 is 0 Å². The van der Waals surface area contributed by atoms with Crippen molar-refractivity contribution in [3.05, 3.63) is 35.6 Å². The number of hydrogen-bond acceptors (Lipinski definition) is 10. The van der Waals surface area contributed by atoms with Gasteiger partial charge in [0, 0.05) is 25.1 Å². The van der Waals surface area contributed by atoms with Crippen LogP contribution in [0.25, 0.3) is 0 Å². The molecule has 1 saturated carbocycles. The summed E-state index contributed by atoms with van der Waals surface area (Å²) in [5.74, 6) is -2.68. The Morgan fingerprint density at radius 2 is 1.73 bits per heavy atom. The fourth-order valence-corrected chi connectivity index (χ4v) is 5.27. The second-order valence-corrected chi connectivity index (χ2v) is 9.20. The highest BCUT2D eigenvalue weighted by atomic mass is 19.1. The maximum Gasteiger partial charge on any atom is 0.249 e. The Balaban J connectivity index is 1.57. The summed E-state index contributed by atoms with van der Waals surface area (Å²) in [6.45, 7) is 1.71. The van der Waals surface area contributed by atoms with E-state index in [0.717, 1.165) is 0 Å². The van der Waals surface area contributed by atoms with E-state index in [2.05, 4.69) is 16.0 Å². The van der Waals surface area contributed by atoms with Gasteiger partial charge in [0.2, 0.25) is 12.1 Å². The third-order valence-electron chi connectivity index (χ3n) is 7.04. The number of likely N-dealkylation sites (N-methyl/N-ethyl adjacent to an activating group) is 2. The molecule has 33 heavy (non-hydrogen) atoms. The minimum atomic E-state index is -2.30. The topological polar surface area (TPSA) is 145 Å². The second-order valence-electron chi connectivity index (χ2n) is 9.20. The van der Waals surface area contributed by atoms with Crippen LogP contribution in [-0.2, 0) is 20.8 Å². The molecule has 4 rings (SSSR count). The van der Waals surface area contributed by atoms with Gasteiger partial charge in [0.25, 0.3) is 0 Å². The van der Waals surface area contributed by atoms with Crippen molar-refractivity contribution >= 4 is 0 Å². The van der Waals surface area contributed by atoms with E-state index in [9.17, 15) is 24.8 Å². The molecule has 3 fully saturated rings. The lowest BCUT2D eigenvalue weighted by molar-refractivity contribution is -0.482. The number of halogens is 1. The zero-order valence-corrected chi connectivity index (χ0v) is 18.9. The average molecular weight is 472 g/mol. The fourth-order valence-electron chi connectivity index (χ4n) is 5.27. The highest BCUT2D eigenvalue weighted by molar-refractivity contribution is 5.17. The molecule has 11 heteroatoms. The Labute approximate surface area is 192 Å². The number of ether oxygens (including phenoxy) is 3. The van der Waals surface area contributed by atoms with Crippen molar-refractivity contribution in [1.82, 2.24) is 16.0 Å². The van der Waals surface area contributed by atoms with Gasteiger partial charge in [0.1, 0.15) is 29.7 Å². The van der Waals surface area contributed by atoms with Crippen LogP contribution in [-0.4, -0.2) is 101 Å². The lowest BCUT2D eigenvalue weighted by atomic mass is 9.77. The Morgan fingerprint density at radius 3 is 2.39 bits per heavy atom. The van der Waals surface area contributed by atoms with Crippen LogP contribution in [0.2, 0.25) is 0 Å². The van der Waals surface area contributed by atoms with Crippen LogP contribution in [0.15, 0.2) is 24.3 Å². The molecule has 186 valence electrons. The summed E-state index contributed by atoms with van der Waals surface area (Å²) < 4.78 is 31.8. The summed E-state index contributed by atoms with van der Waals surface area (Å²) in [7, 11) is 3.24. The number of benzene rings is 1. The smallest absolute Gasteiger partial charge is 0.249 e. The van der Waals surface area contributed by atoms with E-state index in [0.29, 0.717) is 5.56 Å². The van der Waals surface area contributed by atoms with Crippen LogP contribution < -0.4 is 16.0 Å². The van der Waals surface area contributed by atoms with Crippen molar-refractivity contribution in [1.29, 1.82) is 0 Å². The molecule has 2 aliphatic heterocycles. The van der Waals surface area contributed by atoms with Gasteiger partial charge in [-0.25, -0.2) is 4.39 Å².